The summed E-state index contributed by atoms with van der Waals surface area (Å²) < 4.78 is 38.2. The molecule has 1 N–H and O–H groups in total. The molecule has 0 aliphatic carbocycles. The van der Waals surface area contributed by atoms with Gasteiger partial charge in [0.2, 0.25) is 15.9 Å². The van der Waals surface area contributed by atoms with Crippen LogP contribution in [-0.2, 0) is 19.6 Å². The van der Waals surface area contributed by atoms with Gasteiger partial charge in [0.1, 0.15) is 10.6 Å². The molecule has 1 atom stereocenters. The first-order chi connectivity index (χ1) is 13.3. The van der Waals surface area contributed by atoms with Crippen LogP contribution in [0.3, 0.4) is 0 Å². The zero-order valence-electron chi connectivity index (χ0n) is 16.6. The lowest BCUT2D eigenvalue weighted by Gasteiger charge is -2.31. The number of hydrogen-bond donors (Lipinski definition) is 1. The Kier molecular flexibility index (Phi) is 8.55. The van der Waals surface area contributed by atoms with Crippen LogP contribution in [0.4, 0.5) is 0 Å². The van der Waals surface area contributed by atoms with Crippen LogP contribution >= 0.6 is 11.6 Å². The third-order valence-corrected chi connectivity index (χ3v) is 6.69. The lowest BCUT2D eigenvalue weighted by atomic mass is 9.99. The van der Waals surface area contributed by atoms with Crippen LogP contribution in [0.5, 0.6) is 5.75 Å². The molecule has 1 heterocycles. The number of amides is 1. The van der Waals surface area contributed by atoms with E-state index in [0.29, 0.717) is 37.6 Å². The van der Waals surface area contributed by atoms with Crippen LogP contribution in [-0.4, -0.2) is 58.1 Å². The molecule has 0 radical (unpaired) electrons. The van der Waals surface area contributed by atoms with Crippen molar-refractivity contribution in [2.45, 2.75) is 44.1 Å². The zero-order valence-corrected chi connectivity index (χ0v) is 18.2. The second-order valence-corrected chi connectivity index (χ2v) is 9.40. The maximum atomic E-state index is 13.1. The number of hydrogen-bond acceptors (Lipinski definition) is 5. The summed E-state index contributed by atoms with van der Waals surface area (Å²) in [5, 5.41) is 3.20. The third-order valence-electron chi connectivity index (χ3n) is 4.57. The molecular formula is C19H29ClN2O5S. The van der Waals surface area contributed by atoms with Crippen molar-refractivity contribution in [2.24, 2.45) is 5.92 Å². The first-order valence-corrected chi connectivity index (χ1v) is 11.3. The summed E-state index contributed by atoms with van der Waals surface area (Å²) in [6.45, 7) is 5.53. The number of piperidine rings is 1. The van der Waals surface area contributed by atoms with Crippen LogP contribution in [0.1, 0.15) is 33.1 Å². The van der Waals surface area contributed by atoms with Crippen molar-refractivity contribution in [2.75, 3.05) is 33.4 Å². The largest absolute Gasteiger partial charge is 0.495 e. The Labute approximate surface area is 172 Å². The second kappa shape index (κ2) is 10.4. The van der Waals surface area contributed by atoms with Crippen LogP contribution < -0.4 is 10.1 Å². The molecule has 28 heavy (non-hydrogen) atoms. The number of nitrogens with one attached hydrogen (secondary N) is 1. The van der Waals surface area contributed by atoms with Gasteiger partial charge in [-0.25, -0.2) is 8.42 Å². The van der Waals surface area contributed by atoms with Crippen molar-refractivity contribution in [3.63, 3.8) is 0 Å². The van der Waals surface area contributed by atoms with Crippen molar-refractivity contribution >= 4 is 27.5 Å². The number of ether oxygens (including phenoxy) is 2. The van der Waals surface area contributed by atoms with Gasteiger partial charge in [0.15, 0.2) is 0 Å². The van der Waals surface area contributed by atoms with Crippen molar-refractivity contribution in [3.05, 3.63) is 23.2 Å². The van der Waals surface area contributed by atoms with Gasteiger partial charge < -0.3 is 14.8 Å². The van der Waals surface area contributed by atoms with E-state index in [4.69, 9.17) is 21.1 Å². The van der Waals surface area contributed by atoms with Crippen LogP contribution in [0.25, 0.3) is 0 Å². The molecule has 1 amide bonds. The molecule has 158 valence electrons. The topological polar surface area (TPSA) is 84.9 Å². The number of carbonyl (C=O) groups is 1. The minimum absolute atomic E-state index is 0.0226. The summed E-state index contributed by atoms with van der Waals surface area (Å²) in [5.41, 5.74) is 0. The molecule has 0 unspecified atom stereocenters. The summed E-state index contributed by atoms with van der Waals surface area (Å²) >= 11 is 5.99. The summed E-state index contributed by atoms with van der Waals surface area (Å²) in [5.74, 6) is -0.261. The molecule has 1 aromatic carbocycles. The normalized spacial score (nSPS) is 18.2. The minimum atomic E-state index is -3.81. The monoisotopic (exact) mass is 432 g/mol. The number of halogens is 1. The van der Waals surface area contributed by atoms with E-state index in [1.165, 1.54) is 23.5 Å². The fourth-order valence-electron chi connectivity index (χ4n) is 3.11. The average Bonchev–Trinajstić information content (AvgIpc) is 2.67. The molecule has 2 rings (SSSR count). The van der Waals surface area contributed by atoms with E-state index in [-0.39, 0.29) is 35.1 Å². The lowest BCUT2D eigenvalue weighted by molar-refractivity contribution is -0.126. The van der Waals surface area contributed by atoms with Gasteiger partial charge >= 0.3 is 0 Å². The van der Waals surface area contributed by atoms with Gasteiger partial charge in [-0.1, -0.05) is 11.6 Å². The Bertz CT molecular complexity index is 770. The predicted octanol–water partition coefficient (Wildman–Crippen LogP) is 2.68. The van der Waals surface area contributed by atoms with E-state index in [2.05, 4.69) is 5.32 Å². The molecule has 1 saturated heterocycles. The van der Waals surface area contributed by atoms with Crippen molar-refractivity contribution in [1.29, 1.82) is 0 Å². The lowest BCUT2D eigenvalue weighted by Crippen LogP contribution is -2.45. The quantitative estimate of drug-likeness (QED) is 0.606. The molecule has 0 spiro atoms. The second-order valence-electron chi connectivity index (χ2n) is 7.06. The van der Waals surface area contributed by atoms with Gasteiger partial charge in [0, 0.05) is 31.3 Å². The smallest absolute Gasteiger partial charge is 0.246 e. The number of benzene rings is 1. The number of nitrogens with zero attached hydrogens (tertiary/aromatic N) is 1. The zero-order chi connectivity index (χ0) is 20.7. The summed E-state index contributed by atoms with van der Waals surface area (Å²) in [4.78, 5) is 12.5. The fraction of sp³-hybridized carbons (Fsp3) is 0.632. The summed E-state index contributed by atoms with van der Waals surface area (Å²) in [6, 6.07) is 4.49. The number of methoxy groups -OCH3 is 1. The van der Waals surface area contributed by atoms with E-state index in [0.717, 1.165) is 6.42 Å². The summed E-state index contributed by atoms with van der Waals surface area (Å²) in [6.07, 6.45) is 2.17. The maximum Gasteiger partial charge on any atom is 0.246 e. The molecular weight excluding hydrogens is 404 g/mol. The Morgan fingerprint density at radius 1 is 1.39 bits per heavy atom. The predicted molar refractivity (Wildman–Crippen MR) is 108 cm³/mol. The molecule has 0 saturated carbocycles. The average molecular weight is 433 g/mol. The molecule has 0 aromatic heterocycles. The van der Waals surface area contributed by atoms with E-state index in [1.54, 1.807) is 6.07 Å². The van der Waals surface area contributed by atoms with Gasteiger partial charge in [-0.3, -0.25) is 4.79 Å². The van der Waals surface area contributed by atoms with Gasteiger partial charge in [0.25, 0.3) is 0 Å². The number of sulfonamides is 1. The van der Waals surface area contributed by atoms with E-state index in [9.17, 15) is 13.2 Å². The molecule has 0 bridgehead atoms. The van der Waals surface area contributed by atoms with Crippen LogP contribution in [0.15, 0.2) is 23.1 Å². The maximum absolute atomic E-state index is 13.1. The Morgan fingerprint density at radius 2 is 2.14 bits per heavy atom. The Morgan fingerprint density at radius 3 is 2.82 bits per heavy atom. The number of carbonyl (C=O) groups excluding carboxylic acids is 1. The highest BCUT2D eigenvalue weighted by Gasteiger charge is 2.34. The highest BCUT2D eigenvalue weighted by Crippen LogP contribution is 2.31. The summed E-state index contributed by atoms with van der Waals surface area (Å²) in [7, 11) is -2.39. The third kappa shape index (κ3) is 6.07. The van der Waals surface area contributed by atoms with Gasteiger partial charge in [0.05, 0.1) is 19.1 Å². The highest BCUT2D eigenvalue weighted by atomic mass is 35.5. The van der Waals surface area contributed by atoms with Crippen molar-refractivity contribution in [1.82, 2.24) is 9.62 Å². The minimum Gasteiger partial charge on any atom is -0.495 e. The van der Waals surface area contributed by atoms with E-state index in [1.807, 2.05) is 13.8 Å². The fourth-order valence-corrected chi connectivity index (χ4v) is 5.06. The molecule has 1 fully saturated rings. The molecule has 1 aliphatic heterocycles. The first-order valence-electron chi connectivity index (χ1n) is 9.48. The van der Waals surface area contributed by atoms with E-state index < -0.39 is 10.0 Å². The van der Waals surface area contributed by atoms with Crippen LogP contribution in [0.2, 0.25) is 5.02 Å². The van der Waals surface area contributed by atoms with Gasteiger partial charge in [-0.15, -0.1) is 0 Å². The molecule has 7 nitrogen and oxygen atoms in total. The van der Waals surface area contributed by atoms with Gasteiger partial charge in [-0.05, 0) is 51.3 Å². The standard InChI is InChI=1S/C19H29ClN2O5S/c1-14(2)27-11-5-9-21-19(23)15-6-4-10-22(13-15)28(24,25)18-12-16(20)7-8-17(18)26-3/h7-8,12,14-15H,4-6,9-11,13H2,1-3H3,(H,21,23)/t15-/m1/s1. The molecule has 1 aliphatic rings. The Hall–Kier alpha value is -1.35. The SMILES string of the molecule is COc1ccc(Cl)cc1S(=O)(=O)N1CCC[C@@H](C(=O)NCCCOC(C)C)C1. The van der Waals surface area contributed by atoms with Gasteiger partial charge in [-0.2, -0.15) is 4.31 Å². The first kappa shape index (κ1) is 22.9. The molecule has 9 heteroatoms. The van der Waals surface area contributed by atoms with E-state index >= 15 is 0 Å². The molecule has 1 aromatic rings. The van der Waals surface area contributed by atoms with Crippen molar-refractivity contribution in [3.8, 4) is 5.75 Å². The Balaban J connectivity index is 2.00. The van der Waals surface area contributed by atoms with Crippen LogP contribution in [0, 0.1) is 5.92 Å². The number of rotatable bonds is 9. The van der Waals surface area contributed by atoms with Crippen molar-refractivity contribution < 1.29 is 22.7 Å². The highest BCUT2D eigenvalue weighted by molar-refractivity contribution is 7.89.